The van der Waals surface area contributed by atoms with Crippen molar-refractivity contribution in [2.45, 2.75) is 0 Å². The van der Waals surface area contributed by atoms with E-state index in [2.05, 4.69) is 10.3 Å². The molecular weight excluding hydrogens is 340 g/mol. The number of anilines is 1. The molecular formula is C13H9Cl4N3. The molecule has 2 aromatic rings. The Hall–Kier alpha value is -1.000. The first kappa shape index (κ1) is 15.4. The molecule has 104 valence electrons. The van der Waals surface area contributed by atoms with Crippen LogP contribution in [0.3, 0.4) is 0 Å². The van der Waals surface area contributed by atoms with E-state index in [1.807, 2.05) is 0 Å². The summed E-state index contributed by atoms with van der Waals surface area (Å²) in [4.78, 5) is 0. The fourth-order valence-corrected chi connectivity index (χ4v) is 1.99. The minimum Gasteiger partial charge on any atom is -0.250 e. The first-order chi connectivity index (χ1) is 9.47. The van der Waals surface area contributed by atoms with Gasteiger partial charge in [-0.3, -0.25) is 0 Å². The van der Waals surface area contributed by atoms with Crippen LogP contribution in [-0.4, -0.2) is 7.05 Å². The molecule has 3 nitrogen and oxygen atoms in total. The Morgan fingerprint density at radius 1 is 0.800 bits per heavy atom. The van der Waals surface area contributed by atoms with Gasteiger partial charge in [0.05, 0.1) is 31.5 Å². The van der Waals surface area contributed by atoms with E-state index < -0.39 is 0 Å². The minimum absolute atomic E-state index is 0.431. The molecule has 0 amide bonds. The van der Waals surface area contributed by atoms with Crippen molar-refractivity contribution < 1.29 is 0 Å². The minimum atomic E-state index is 0.431. The summed E-state index contributed by atoms with van der Waals surface area (Å²) < 4.78 is 0. The number of hydrogen-bond acceptors (Lipinski definition) is 2. The molecule has 2 rings (SSSR count). The van der Waals surface area contributed by atoms with E-state index in [4.69, 9.17) is 46.4 Å². The Labute approximate surface area is 136 Å². The molecule has 0 aliphatic rings. The molecule has 0 unspecified atom stereocenters. The van der Waals surface area contributed by atoms with E-state index in [-0.39, 0.29) is 0 Å². The lowest BCUT2D eigenvalue weighted by Gasteiger charge is -2.11. The third-order valence-electron chi connectivity index (χ3n) is 2.47. The van der Waals surface area contributed by atoms with Crippen LogP contribution in [0.5, 0.6) is 0 Å². The fourth-order valence-electron chi connectivity index (χ4n) is 1.40. The molecule has 7 heteroatoms. The highest BCUT2D eigenvalue weighted by atomic mass is 35.5. The predicted molar refractivity (Wildman–Crippen MR) is 85.8 cm³/mol. The van der Waals surface area contributed by atoms with Crippen LogP contribution in [0.4, 0.5) is 11.4 Å². The summed E-state index contributed by atoms with van der Waals surface area (Å²) >= 11 is 23.5. The van der Waals surface area contributed by atoms with Gasteiger partial charge in [0, 0.05) is 7.05 Å². The van der Waals surface area contributed by atoms with E-state index >= 15 is 0 Å². The van der Waals surface area contributed by atoms with Gasteiger partial charge in [-0.1, -0.05) is 51.6 Å². The number of benzene rings is 2. The van der Waals surface area contributed by atoms with Crippen LogP contribution < -0.4 is 5.01 Å². The van der Waals surface area contributed by atoms with Crippen molar-refractivity contribution in [3.63, 3.8) is 0 Å². The third kappa shape index (κ3) is 3.76. The smallest absolute Gasteiger partial charge is 0.0890 e. The van der Waals surface area contributed by atoms with Crippen molar-refractivity contribution >= 4 is 57.8 Å². The quantitative estimate of drug-likeness (QED) is 0.463. The lowest BCUT2D eigenvalue weighted by atomic mass is 10.3. The lowest BCUT2D eigenvalue weighted by molar-refractivity contribution is 0.924. The van der Waals surface area contributed by atoms with E-state index in [0.29, 0.717) is 25.8 Å². The second kappa shape index (κ2) is 6.64. The molecule has 0 spiro atoms. The molecule has 0 aliphatic carbocycles. The normalized spacial score (nSPS) is 11.1. The maximum absolute atomic E-state index is 5.95. The van der Waals surface area contributed by atoms with E-state index in [9.17, 15) is 0 Å². The average molecular weight is 349 g/mol. The number of hydrogen-bond donors (Lipinski definition) is 0. The SMILES string of the molecule is CN(N=Nc1ccc(Cl)c(Cl)c1)c1ccc(Cl)c(Cl)c1. The van der Waals surface area contributed by atoms with Crippen molar-refractivity contribution in [1.29, 1.82) is 0 Å². The van der Waals surface area contributed by atoms with Crippen LogP contribution in [0.2, 0.25) is 20.1 Å². The summed E-state index contributed by atoms with van der Waals surface area (Å²) in [5.74, 6) is 0. The van der Waals surface area contributed by atoms with Crippen molar-refractivity contribution in [2.75, 3.05) is 12.1 Å². The Balaban J connectivity index is 2.17. The molecule has 0 radical (unpaired) electrons. The molecule has 0 aromatic heterocycles. The highest BCUT2D eigenvalue weighted by Gasteiger charge is 2.04. The van der Waals surface area contributed by atoms with Gasteiger partial charge in [0.25, 0.3) is 0 Å². The van der Waals surface area contributed by atoms with Crippen LogP contribution in [0.25, 0.3) is 0 Å². The standard InChI is InChI=1S/C13H9Cl4N3/c1-20(9-3-5-11(15)13(17)7-9)19-18-8-2-4-10(14)12(16)6-8/h2-7H,1H3. The van der Waals surface area contributed by atoms with Gasteiger partial charge in [0.1, 0.15) is 0 Å². The summed E-state index contributed by atoms with van der Waals surface area (Å²) in [6, 6.07) is 10.2. The first-order valence-electron chi connectivity index (χ1n) is 5.53. The van der Waals surface area contributed by atoms with E-state index in [1.54, 1.807) is 48.5 Å². The highest BCUT2D eigenvalue weighted by Crippen LogP contribution is 2.29. The zero-order valence-electron chi connectivity index (χ0n) is 10.3. The van der Waals surface area contributed by atoms with Crippen molar-refractivity contribution in [3.8, 4) is 0 Å². The topological polar surface area (TPSA) is 28.0 Å². The van der Waals surface area contributed by atoms with E-state index in [0.717, 1.165) is 5.69 Å². The van der Waals surface area contributed by atoms with Gasteiger partial charge in [-0.25, -0.2) is 5.01 Å². The average Bonchev–Trinajstić information content (AvgIpc) is 2.43. The second-order valence-electron chi connectivity index (χ2n) is 3.91. The van der Waals surface area contributed by atoms with Crippen LogP contribution in [-0.2, 0) is 0 Å². The predicted octanol–water partition coefficient (Wildman–Crippen LogP) is 6.44. The summed E-state index contributed by atoms with van der Waals surface area (Å²) in [6.45, 7) is 0. The van der Waals surface area contributed by atoms with Crippen LogP contribution >= 0.6 is 46.4 Å². The third-order valence-corrected chi connectivity index (χ3v) is 3.95. The molecule has 0 saturated heterocycles. The van der Waals surface area contributed by atoms with Crippen molar-refractivity contribution in [1.82, 2.24) is 0 Å². The molecule has 0 atom stereocenters. The molecule has 0 N–H and O–H groups in total. The van der Waals surface area contributed by atoms with Gasteiger partial charge in [-0.05, 0) is 36.4 Å². The first-order valence-corrected chi connectivity index (χ1v) is 7.04. The number of halogens is 4. The summed E-state index contributed by atoms with van der Waals surface area (Å²) in [7, 11) is 1.75. The fraction of sp³-hybridized carbons (Fsp3) is 0.0769. The van der Waals surface area contributed by atoms with Crippen molar-refractivity contribution in [3.05, 3.63) is 56.5 Å². The van der Waals surface area contributed by atoms with E-state index in [1.165, 1.54) is 0 Å². The Kier molecular flexibility index (Phi) is 5.11. The number of nitrogens with zero attached hydrogens (tertiary/aromatic N) is 3. The maximum atomic E-state index is 5.95. The van der Waals surface area contributed by atoms with Crippen LogP contribution in [0, 0.1) is 0 Å². The van der Waals surface area contributed by atoms with Gasteiger partial charge < -0.3 is 0 Å². The molecule has 0 aliphatic heterocycles. The zero-order valence-corrected chi connectivity index (χ0v) is 13.3. The van der Waals surface area contributed by atoms with Crippen LogP contribution in [0.1, 0.15) is 0 Å². The Morgan fingerprint density at radius 2 is 1.40 bits per heavy atom. The molecule has 0 bridgehead atoms. The Bertz CT molecular complexity index is 658. The van der Waals surface area contributed by atoms with Gasteiger partial charge in [-0.2, -0.15) is 0 Å². The zero-order chi connectivity index (χ0) is 14.7. The van der Waals surface area contributed by atoms with Gasteiger partial charge in [0.15, 0.2) is 0 Å². The largest absolute Gasteiger partial charge is 0.250 e. The van der Waals surface area contributed by atoms with Gasteiger partial charge in [0.2, 0.25) is 0 Å². The summed E-state index contributed by atoms with van der Waals surface area (Å²) in [5.41, 5.74) is 1.37. The number of rotatable bonds is 3. The molecule has 0 saturated carbocycles. The van der Waals surface area contributed by atoms with Gasteiger partial charge in [-0.15, -0.1) is 5.11 Å². The Morgan fingerprint density at radius 3 is 2.00 bits per heavy atom. The van der Waals surface area contributed by atoms with Crippen LogP contribution in [0.15, 0.2) is 46.7 Å². The molecule has 0 fully saturated rings. The highest BCUT2D eigenvalue weighted by molar-refractivity contribution is 6.42. The lowest BCUT2D eigenvalue weighted by Crippen LogP contribution is -2.06. The second-order valence-corrected chi connectivity index (χ2v) is 5.54. The molecule has 20 heavy (non-hydrogen) atoms. The molecule has 2 aromatic carbocycles. The monoisotopic (exact) mass is 347 g/mol. The molecule has 0 heterocycles. The van der Waals surface area contributed by atoms with Gasteiger partial charge >= 0.3 is 0 Å². The summed E-state index contributed by atoms with van der Waals surface area (Å²) in [5, 5.41) is 11.6. The van der Waals surface area contributed by atoms with Crippen molar-refractivity contribution in [2.24, 2.45) is 10.3 Å². The summed E-state index contributed by atoms with van der Waals surface area (Å²) in [6.07, 6.45) is 0. The maximum Gasteiger partial charge on any atom is 0.0890 e.